The molecule has 0 heterocycles. The van der Waals surface area contributed by atoms with Crippen LogP contribution in [0.25, 0.3) is 0 Å². The van der Waals surface area contributed by atoms with Crippen LogP contribution in [0.5, 0.6) is 5.75 Å². The van der Waals surface area contributed by atoms with E-state index in [4.69, 9.17) is 10.00 Å². The SMILES string of the molecule is N#CCOc1cccc(CNc2c(F)cccc2Br)c1. The van der Waals surface area contributed by atoms with E-state index < -0.39 is 0 Å². The van der Waals surface area contributed by atoms with Crippen LogP contribution in [-0.2, 0) is 6.54 Å². The maximum absolute atomic E-state index is 13.6. The molecule has 5 heteroatoms. The third-order valence-electron chi connectivity index (χ3n) is 2.63. The van der Waals surface area contributed by atoms with Gasteiger partial charge in [0.15, 0.2) is 6.61 Å². The van der Waals surface area contributed by atoms with Gasteiger partial charge in [-0.25, -0.2) is 4.39 Å². The van der Waals surface area contributed by atoms with Crippen molar-refractivity contribution in [2.75, 3.05) is 11.9 Å². The van der Waals surface area contributed by atoms with E-state index >= 15 is 0 Å². The van der Waals surface area contributed by atoms with Crippen molar-refractivity contribution >= 4 is 21.6 Å². The summed E-state index contributed by atoms with van der Waals surface area (Å²) in [6.45, 7) is 0.471. The third kappa shape index (κ3) is 3.72. The lowest BCUT2D eigenvalue weighted by Crippen LogP contribution is -2.03. The molecule has 0 atom stereocenters. The number of rotatable bonds is 5. The number of nitrogens with one attached hydrogen (secondary N) is 1. The molecule has 0 saturated carbocycles. The third-order valence-corrected chi connectivity index (χ3v) is 3.29. The van der Waals surface area contributed by atoms with Gasteiger partial charge in [-0.2, -0.15) is 5.26 Å². The van der Waals surface area contributed by atoms with Crippen molar-refractivity contribution in [1.82, 2.24) is 0 Å². The minimum Gasteiger partial charge on any atom is -0.479 e. The molecule has 20 heavy (non-hydrogen) atoms. The van der Waals surface area contributed by atoms with Gasteiger partial charge in [-0.15, -0.1) is 0 Å². The molecule has 0 bridgehead atoms. The molecule has 0 aliphatic heterocycles. The molecule has 3 nitrogen and oxygen atoms in total. The van der Waals surface area contributed by atoms with Crippen molar-refractivity contribution < 1.29 is 9.13 Å². The molecule has 1 N–H and O–H groups in total. The smallest absolute Gasteiger partial charge is 0.174 e. The Bertz CT molecular complexity index is 620. The summed E-state index contributed by atoms with van der Waals surface area (Å²) in [7, 11) is 0. The van der Waals surface area contributed by atoms with Crippen LogP contribution in [0.1, 0.15) is 5.56 Å². The molecule has 0 radical (unpaired) electrons. The quantitative estimate of drug-likeness (QED) is 0.895. The monoisotopic (exact) mass is 334 g/mol. The highest BCUT2D eigenvalue weighted by Gasteiger charge is 2.06. The van der Waals surface area contributed by atoms with E-state index in [0.29, 0.717) is 22.5 Å². The van der Waals surface area contributed by atoms with Crippen LogP contribution in [0.3, 0.4) is 0 Å². The molecule has 0 spiro atoms. The molecule has 2 aromatic rings. The molecule has 0 amide bonds. The lowest BCUT2D eigenvalue weighted by molar-refractivity contribution is 0.368. The summed E-state index contributed by atoms with van der Waals surface area (Å²) in [5, 5.41) is 11.5. The van der Waals surface area contributed by atoms with Gasteiger partial charge >= 0.3 is 0 Å². The Kier molecular flexibility index (Phi) is 4.97. The zero-order valence-corrected chi connectivity index (χ0v) is 12.2. The Labute approximate surface area is 125 Å². The number of para-hydroxylation sites is 1. The number of benzene rings is 2. The van der Waals surface area contributed by atoms with Crippen LogP contribution < -0.4 is 10.1 Å². The first kappa shape index (κ1) is 14.4. The van der Waals surface area contributed by atoms with E-state index in [2.05, 4.69) is 21.2 Å². The highest BCUT2D eigenvalue weighted by Crippen LogP contribution is 2.26. The van der Waals surface area contributed by atoms with E-state index in [-0.39, 0.29) is 12.4 Å². The molecule has 102 valence electrons. The van der Waals surface area contributed by atoms with Crippen LogP contribution in [0.2, 0.25) is 0 Å². The van der Waals surface area contributed by atoms with E-state index in [1.54, 1.807) is 18.2 Å². The normalized spacial score (nSPS) is 9.85. The van der Waals surface area contributed by atoms with Gasteiger partial charge in [0.05, 0.1) is 5.69 Å². The maximum Gasteiger partial charge on any atom is 0.174 e. The van der Waals surface area contributed by atoms with E-state index in [9.17, 15) is 4.39 Å². The molecule has 2 rings (SSSR count). The molecule has 2 aromatic carbocycles. The number of ether oxygens (including phenoxy) is 1. The second kappa shape index (κ2) is 6.92. The summed E-state index contributed by atoms with van der Waals surface area (Å²) < 4.78 is 19.5. The van der Waals surface area contributed by atoms with Crippen molar-refractivity contribution in [2.24, 2.45) is 0 Å². The van der Waals surface area contributed by atoms with Gasteiger partial charge in [-0.3, -0.25) is 0 Å². The fourth-order valence-electron chi connectivity index (χ4n) is 1.72. The van der Waals surface area contributed by atoms with Gasteiger partial charge in [-0.05, 0) is 45.8 Å². The molecule has 0 aliphatic carbocycles. The summed E-state index contributed by atoms with van der Waals surface area (Å²) in [6.07, 6.45) is 0. The summed E-state index contributed by atoms with van der Waals surface area (Å²) in [5.41, 5.74) is 1.37. The number of hydrogen-bond acceptors (Lipinski definition) is 3. The Morgan fingerprint density at radius 3 is 2.80 bits per heavy atom. The Morgan fingerprint density at radius 1 is 1.25 bits per heavy atom. The molecular weight excluding hydrogens is 323 g/mol. The molecule has 0 unspecified atom stereocenters. The van der Waals surface area contributed by atoms with Crippen molar-refractivity contribution in [3.8, 4) is 11.8 Å². The Balaban J connectivity index is 2.06. The van der Waals surface area contributed by atoms with Crippen LogP contribution in [0.15, 0.2) is 46.9 Å². The van der Waals surface area contributed by atoms with Crippen molar-refractivity contribution in [3.63, 3.8) is 0 Å². The number of anilines is 1. The highest BCUT2D eigenvalue weighted by atomic mass is 79.9. The lowest BCUT2D eigenvalue weighted by Gasteiger charge is -2.10. The molecule has 0 fully saturated rings. The first-order chi connectivity index (χ1) is 9.70. The van der Waals surface area contributed by atoms with Crippen molar-refractivity contribution in [1.29, 1.82) is 5.26 Å². The topological polar surface area (TPSA) is 45.0 Å². The average molecular weight is 335 g/mol. The number of halogens is 2. The van der Waals surface area contributed by atoms with Gasteiger partial charge in [0, 0.05) is 11.0 Å². The second-order valence-corrected chi connectivity index (χ2v) is 4.90. The molecule has 0 saturated heterocycles. The number of nitrogens with zero attached hydrogens (tertiary/aromatic N) is 1. The largest absolute Gasteiger partial charge is 0.479 e. The number of nitriles is 1. The van der Waals surface area contributed by atoms with Crippen molar-refractivity contribution in [2.45, 2.75) is 6.54 Å². The van der Waals surface area contributed by atoms with Gasteiger partial charge in [0.1, 0.15) is 17.6 Å². The van der Waals surface area contributed by atoms with Crippen LogP contribution in [0, 0.1) is 17.1 Å². The average Bonchev–Trinajstić information content (AvgIpc) is 2.45. The standard InChI is InChI=1S/C15H12BrFN2O/c16-13-5-2-6-14(17)15(13)19-10-11-3-1-4-12(9-11)20-8-7-18/h1-6,9,19H,8,10H2. The van der Waals surface area contributed by atoms with E-state index in [1.807, 2.05) is 24.3 Å². The van der Waals surface area contributed by atoms with Gasteiger partial charge < -0.3 is 10.1 Å². The summed E-state index contributed by atoms with van der Waals surface area (Å²) in [4.78, 5) is 0. The molecule has 0 aliphatic rings. The first-order valence-electron chi connectivity index (χ1n) is 5.97. The molecular formula is C15H12BrFN2O. The predicted molar refractivity (Wildman–Crippen MR) is 79.0 cm³/mol. The second-order valence-electron chi connectivity index (χ2n) is 4.04. The summed E-state index contributed by atoms with van der Waals surface area (Å²) >= 11 is 3.31. The lowest BCUT2D eigenvalue weighted by atomic mass is 10.2. The molecule has 0 aromatic heterocycles. The Hall–Kier alpha value is -2.06. The Morgan fingerprint density at radius 2 is 2.05 bits per heavy atom. The predicted octanol–water partition coefficient (Wildman–Crippen LogP) is 4.10. The first-order valence-corrected chi connectivity index (χ1v) is 6.76. The maximum atomic E-state index is 13.6. The minimum atomic E-state index is -0.309. The minimum absolute atomic E-state index is 0.00967. The fourth-order valence-corrected chi connectivity index (χ4v) is 2.20. The summed E-state index contributed by atoms with van der Waals surface area (Å²) in [5.74, 6) is 0.315. The van der Waals surface area contributed by atoms with E-state index in [0.717, 1.165) is 5.56 Å². The van der Waals surface area contributed by atoms with Crippen LogP contribution >= 0.6 is 15.9 Å². The van der Waals surface area contributed by atoms with Gasteiger partial charge in [0.2, 0.25) is 0 Å². The van der Waals surface area contributed by atoms with Gasteiger partial charge in [0.25, 0.3) is 0 Å². The zero-order chi connectivity index (χ0) is 14.4. The van der Waals surface area contributed by atoms with Crippen molar-refractivity contribution in [3.05, 3.63) is 58.3 Å². The van der Waals surface area contributed by atoms with Crippen LogP contribution in [-0.4, -0.2) is 6.61 Å². The zero-order valence-electron chi connectivity index (χ0n) is 10.6. The summed E-state index contributed by atoms with van der Waals surface area (Å²) in [6, 6.07) is 14.1. The van der Waals surface area contributed by atoms with Gasteiger partial charge in [-0.1, -0.05) is 18.2 Å². The van der Waals surface area contributed by atoms with E-state index in [1.165, 1.54) is 6.07 Å². The number of hydrogen-bond donors (Lipinski definition) is 1. The van der Waals surface area contributed by atoms with Crippen LogP contribution in [0.4, 0.5) is 10.1 Å². The fraction of sp³-hybridized carbons (Fsp3) is 0.133. The highest BCUT2D eigenvalue weighted by molar-refractivity contribution is 9.10.